The number of nitrogens with zero attached hydrogens (tertiary/aromatic N) is 3. The third kappa shape index (κ3) is 9.67. The Hall–Kier alpha value is -2.16. The molecule has 7 nitrogen and oxygen atoms in total. The highest BCUT2D eigenvalue weighted by molar-refractivity contribution is 7.09. The summed E-state index contributed by atoms with van der Waals surface area (Å²) in [4.78, 5) is 33.1. The van der Waals surface area contributed by atoms with Crippen LogP contribution in [0.15, 0.2) is 29.6 Å². The largest absolute Gasteiger partial charge is 0.486 e. The first-order valence-corrected chi connectivity index (χ1v) is 11.2. The van der Waals surface area contributed by atoms with Crippen LogP contribution in [0.1, 0.15) is 31.5 Å². The molecular formula is C22H30ClN3O4S. The molecule has 0 unspecified atom stereocenters. The van der Waals surface area contributed by atoms with Crippen molar-refractivity contribution in [3.05, 3.63) is 45.4 Å². The van der Waals surface area contributed by atoms with Gasteiger partial charge in [0.2, 0.25) is 5.91 Å². The van der Waals surface area contributed by atoms with Crippen LogP contribution in [-0.2, 0) is 27.4 Å². The molecule has 0 aliphatic rings. The molecule has 2 rings (SSSR count). The smallest absolute Gasteiger partial charge is 0.326 e. The van der Waals surface area contributed by atoms with E-state index in [1.807, 2.05) is 24.4 Å². The van der Waals surface area contributed by atoms with E-state index in [4.69, 9.17) is 21.1 Å². The summed E-state index contributed by atoms with van der Waals surface area (Å²) in [6.45, 7) is 6.72. The first-order valence-electron chi connectivity index (χ1n) is 9.98. The number of amides is 1. The molecule has 9 heteroatoms. The molecule has 1 heterocycles. The Morgan fingerprint density at radius 1 is 1.13 bits per heavy atom. The van der Waals surface area contributed by atoms with E-state index in [0.29, 0.717) is 36.2 Å². The number of esters is 1. The number of aromatic nitrogens is 1. The van der Waals surface area contributed by atoms with Crippen LogP contribution in [0, 0.1) is 0 Å². The van der Waals surface area contributed by atoms with E-state index >= 15 is 0 Å². The Labute approximate surface area is 192 Å². The molecule has 31 heavy (non-hydrogen) atoms. The van der Waals surface area contributed by atoms with E-state index in [1.165, 1.54) is 16.2 Å². The zero-order chi connectivity index (χ0) is 23.0. The van der Waals surface area contributed by atoms with Gasteiger partial charge in [-0.15, -0.1) is 11.3 Å². The van der Waals surface area contributed by atoms with Gasteiger partial charge in [0, 0.05) is 23.5 Å². The summed E-state index contributed by atoms with van der Waals surface area (Å²) >= 11 is 7.31. The van der Waals surface area contributed by atoms with Crippen molar-refractivity contribution in [1.82, 2.24) is 14.8 Å². The molecule has 0 saturated heterocycles. The predicted molar refractivity (Wildman–Crippen MR) is 123 cm³/mol. The third-order valence-electron chi connectivity index (χ3n) is 4.02. The Balaban J connectivity index is 1.95. The third-order valence-corrected chi connectivity index (χ3v) is 5.14. The highest BCUT2D eigenvalue weighted by Gasteiger charge is 2.23. The van der Waals surface area contributed by atoms with Crippen LogP contribution in [0.3, 0.4) is 0 Å². The number of hydrogen-bond acceptors (Lipinski definition) is 7. The molecule has 0 saturated carbocycles. The average molecular weight is 468 g/mol. The van der Waals surface area contributed by atoms with Crippen molar-refractivity contribution >= 4 is 34.8 Å². The topological polar surface area (TPSA) is 72.0 Å². The molecule has 170 valence electrons. The molecule has 1 aromatic heterocycles. The number of benzene rings is 1. The maximum absolute atomic E-state index is 12.9. The van der Waals surface area contributed by atoms with Crippen LogP contribution < -0.4 is 4.74 Å². The minimum absolute atomic E-state index is 0.0827. The summed E-state index contributed by atoms with van der Waals surface area (Å²) in [6, 6.07) is 7.10. The SMILES string of the molecule is CN(C)CCN(CC(=O)OC(C)(C)C)C(=O)Cc1csc(COc2ccc(Cl)cc2)n1. The molecule has 2 aromatic rings. The molecule has 0 fully saturated rings. The maximum Gasteiger partial charge on any atom is 0.326 e. The van der Waals surface area contributed by atoms with Crippen molar-refractivity contribution in [2.24, 2.45) is 0 Å². The van der Waals surface area contributed by atoms with Crippen molar-refractivity contribution in [3.63, 3.8) is 0 Å². The molecule has 0 aliphatic heterocycles. The predicted octanol–water partition coefficient (Wildman–Crippen LogP) is 3.65. The van der Waals surface area contributed by atoms with Crippen LogP contribution in [0.2, 0.25) is 5.02 Å². The Morgan fingerprint density at radius 3 is 2.42 bits per heavy atom. The van der Waals surface area contributed by atoms with E-state index in [2.05, 4.69) is 4.98 Å². The van der Waals surface area contributed by atoms with Gasteiger partial charge in [-0.1, -0.05) is 11.6 Å². The molecular weight excluding hydrogens is 438 g/mol. The minimum Gasteiger partial charge on any atom is -0.486 e. The van der Waals surface area contributed by atoms with Crippen molar-refractivity contribution in [2.75, 3.05) is 33.7 Å². The van der Waals surface area contributed by atoms with Gasteiger partial charge in [0.1, 0.15) is 29.5 Å². The van der Waals surface area contributed by atoms with Gasteiger partial charge in [0.25, 0.3) is 0 Å². The number of carbonyl (C=O) groups is 2. The summed E-state index contributed by atoms with van der Waals surface area (Å²) < 4.78 is 11.1. The fraction of sp³-hybridized carbons (Fsp3) is 0.500. The summed E-state index contributed by atoms with van der Waals surface area (Å²) in [5.41, 5.74) is 0.0603. The van der Waals surface area contributed by atoms with Gasteiger partial charge in [-0.2, -0.15) is 0 Å². The summed E-state index contributed by atoms with van der Waals surface area (Å²) in [6.07, 6.45) is 0.119. The summed E-state index contributed by atoms with van der Waals surface area (Å²) in [5, 5.41) is 3.26. The van der Waals surface area contributed by atoms with E-state index in [1.54, 1.807) is 45.0 Å². The van der Waals surface area contributed by atoms with Crippen molar-refractivity contribution in [3.8, 4) is 5.75 Å². The number of halogens is 1. The lowest BCUT2D eigenvalue weighted by molar-refractivity contribution is -0.158. The number of ether oxygens (including phenoxy) is 2. The number of thiazole rings is 1. The van der Waals surface area contributed by atoms with Crippen LogP contribution in [0.25, 0.3) is 0 Å². The van der Waals surface area contributed by atoms with Crippen molar-refractivity contribution in [1.29, 1.82) is 0 Å². The van der Waals surface area contributed by atoms with Crippen LogP contribution in [0.5, 0.6) is 5.75 Å². The average Bonchev–Trinajstić information content (AvgIpc) is 3.10. The quantitative estimate of drug-likeness (QED) is 0.497. The normalized spacial score (nSPS) is 11.5. The minimum atomic E-state index is -0.596. The second-order valence-electron chi connectivity index (χ2n) is 8.36. The monoisotopic (exact) mass is 467 g/mol. The van der Waals surface area contributed by atoms with Crippen LogP contribution in [0.4, 0.5) is 0 Å². The highest BCUT2D eigenvalue weighted by Crippen LogP contribution is 2.18. The lowest BCUT2D eigenvalue weighted by atomic mass is 10.2. The first-order chi connectivity index (χ1) is 14.5. The Morgan fingerprint density at radius 2 is 1.81 bits per heavy atom. The van der Waals surface area contributed by atoms with Crippen molar-refractivity contribution in [2.45, 2.75) is 39.4 Å². The summed E-state index contributed by atoms with van der Waals surface area (Å²) in [5.74, 6) is 0.113. The van der Waals surface area contributed by atoms with Crippen LogP contribution >= 0.6 is 22.9 Å². The number of rotatable bonds is 10. The van der Waals surface area contributed by atoms with E-state index in [-0.39, 0.29) is 18.9 Å². The first kappa shape index (κ1) is 25.1. The van der Waals surface area contributed by atoms with Gasteiger partial charge in [0.05, 0.1) is 12.1 Å². The molecule has 0 radical (unpaired) electrons. The van der Waals surface area contributed by atoms with Gasteiger partial charge in [-0.3, -0.25) is 9.59 Å². The van der Waals surface area contributed by atoms with Crippen molar-refractivity contribution < 1.29 is 19.1 Å². The maximum atomic E-state index is 12.9. The molecule has 0 spiro atoms. The molecule has 1 aromatic carbocycles. The lowest BCUT2D eigenvalue weighted by Crippen LogP contribution is -2.42. The fourth-order valence-corrected chi connectivity index (χ4v) is 3.41. The molecule has 0 aliphatic carbocycles. The standard InChI is InChI=1S/C22H30ClN3O4S/c1-22(2,3)30-21(28)13-26(11-10-25(4)5)20(27)12-17-15-31-19(24-17)14-29-18-8-6-16(23)7-9-18/h6-9,15H,10-14H2,1-5H3. The zero-order valence-corrected chi connectivity index (χ0v) is 20.3. The van der Waals surface area contributed by atoms with E-state index < -0.39 is 11.6 Å². The van der Waals surface area contributed by atoms with Gasteiger partial charge < -0.3 is 19.3 Å². The number of likely N-dealkylation sites (N-methyl/N-ethyl adjacent to an activating group) is 1. The molecule has 0 N–H and O–H groups in total. The fourth-order valence-electron chi connectivity index (χ4n) is 2.58. The molecule has 0 atom stereocenters. The van der Waals surface area contributed by atoms with E-state index in [9.17, 15) is 9.59 Å². The Kier molecular flexibility index (Phi) is 9.28. The second-order valence-corrected chi connectivity index (χ2v) is 9.74. The highest BCUT2D eigenvalue weighted by atomic mass is 35.5. The molecule has 1 amide bonds. The van der Waals surface area contributed by atoms with Crippen LogP contribution in [-0.4, -0.2) is 66.0 Å². The van der Waals surface area contributed by atoms with Gasteiger partial charge >= 0.3 is 5.97 Å². The summed E-state index contributed by atoms with van der Waals surface area (Å²) in [7, 11) is 3.84. The number of hydrogen-bond donors (Lipinski definition) is 0. The Bertz CT molecular complexity index is 862. The van der Waals surface area contributed by atoms with Gasteiger partial charge in [-0.05, 0) is 59.1 Å². The van der Waals surface area contributed by atoms with E-state index in [0.717, 1.165) is 5.01 Å². The van der Waals surface area contributed by atoms with Gasteiger partial charge in [0.15, 0.2) is 0 Å². The molecule has 0 bridgehead atoms. The number of carbonyl (C=O) groups excluding carboxylic acids is 2. The van der Waals surface area contributed by atoms with Gasteiger partial charge in [-0.25, -0.2) is 4.98 Å². The lowest BCUT2D eigenvalue weighted by Gasteiger charge is -2.26. The zero-order valence-electron chi connectivity index (χ0n) is 18.7. The second kappa shape index (κ2) is 11.5.